The van der Waals surface area contributed by atoms with Gasteiger partial charge >= 0.3 is 5.97 Å². The van der Waals surface area contributed by atoms with Crippen LogP contribution in [0.25, 0.3) is 0 Å². The molecule has 1 saturated heterocycles. The minimum atomic E-state index is -0.945. The van der Waals surface area contributed by atoms with Crippen molar-refractivity contribution < 1.29 is 23.6 Å². The molecule has 1 aliphatic carbocycles. The van der Waals surface area contributed by atoms with Crippen molar-refractivity contribution in [2.45, 2.75) is 38.3 Å². The van der Waals surface area contributed by atoms with Gasteiger partial charge in [0.25, 0.3) is 0 Å². The lowest BCUT2D eigenvalue weighted by Gasteiger charge is -2.36. The van der Waals surface area contributed by atoms with E-state index in [1.807, 2.05) is 0 Å². The fourth-order valence-corrected chi connectivity index (χ4v) is 4.17. The summed E-state index contributed by atoms with van der Waals surface area (Å²) >= 11 is 3.35. The Kier molecular flexibility index (Phi) is 4.18. The number of hydrogen-bond donors (Lipinski definition) is 0. The second-order valence-corrected chi connectivity index (χ2v) is 6.94. The normalized spacial score (nSPS) is 29.5. The molecule has 1 saturated carbocycles. The molecule has 2 aliphatic rings. The zero-order valence-electron chi connectivity index (χ0n) is 12.8. The highest BCUT2D eigenvalue weighted by molar-refractivity contribution is 9.10. The summed E-state index contributed by atoms with van der Waals surface area (Å²) < 4.78 is 20.6. The molecule has 124 valence electrons. The van der Waals surface area contributed by atoms with Crippen molar-refractivity contribution in [1.82, 2.24) is 5.06 Å². The van der Waals surface area contributed by atoms with Crippen LogP contribution in [0.15, 0.2) is 22.7 Å². The first-order valence-electron chi connectivity index (χ1n) is 7.41. The van der Waals surface area contributed by atoms with Crippen LogP contribution in [0.1, 0.15) is 32.3 Å². The molecule has 3 atom stereocenters. The van der Waals surface area contributed by atoms with Crippen LogP contribution >= 0.6 is 15.9 Å². The maximum absolute atomic E-state index is 14.6. The monoisotopic (exact) mass is 385 g/mol. The number of carbonyl (C=O) groups is 2. The minimum Gasteiger partial charge on any atom is -0.462 e. The number of hydroxylamine groups is 2. The molecule has 5 nitrogen and oxygen atoms in total. The van der Waals surface area contributed by atoms with Gasteiger partial charge in [0.05, 0.1) is 6.61 Å². The van der Waals surface area contributed by atoms with E-state index in [9.17, 15) is 14.0 Å². The molecule has 7 heteroatoms. The van der Waals surface area contributed by atoms with E-state index in [0.29, 0.717) is 29.5 Å². The van der Waals surface area contributed by atoms with E-state index in [1.165, 1.54) is 25.0 Å². The second-order valence-electron chi connectivity index (χ2n) is 6.03. The average molecular weight is 386 g/mol. The van der Waals surface area contributed by atoms with Crippen LogP contribution in [-0.4, -0.2) is 29.7 Å². The summed E-state index contributed by atoms with van der Waals surface area (Å²) in [6, 6.07) is 4.64. The third-order valence-electron chi connectivity index (χ3n) is 4.54. The topological polar surface area (TPSA) is 55.8 Å². The summed E-state index contributed by atoms with van der Waals surface area (Å²) in [5.41, 5.74) is -0.556. The van der Waals surface area contributed by atoms with Gasteiger partial charge in [-0.2, -0.15) is 0 Å². The first-order valence-corrected chi connectivity index (χ1v) is 8.20. The fraction of sp³-hybridized carbons (Fsp3) is 0.500. The molecule has 0 spiro atoms. The van der Waals surface area contributed by atoms with Gasteiger partial charge in [0.1, 0.15) is 17.5 Å². The van der Waals surface area contributed by atoms with E-state index < -0.39 is 11.4 Å². The van der Waals surface area contributed by atoms with Crippen LogP contribution in [0.4, 0.5) is 4.39 Å². The fourth-order valence-electron chi connectivity index (χ4n) is 3.81. The maximum Gasteiger partial charge on any atom is 0.302 e. The van der Waals surface area contributed by atoms with Crippen LogP contribution in [0.2, 0.25) is 0 Å². The Hall–Kier alpha value is -1.47. The number of halogens is 2. The minimum absolute atomic E-state index is 0.125. The number of esters is 1. The first-order chi connectivity index (χ1) is 10.8. The van der Waals surface area contributed by atoms with Crippen molar-refractivity contribution in [3.8, 4) is 0 Å². The summed E-state index contributed by atoms with van der Waals surface area (Å²) in [4.78, 5) is 28.9. The molecule has 3 unspecified atom stereocenters. The SMILES string of the molecule is CC(=O)OC1CC2CON(C(C)=O)C2(c2cc(Br)ccc2F)C1. The molecule has 1 aliphatic heterocycles. The Labute approximate surface area is 141 Å². The Morgan fingerprint density at radius 2 is 2.17 bits per heavy atom. The van der Waals surface area contributed by atoms with Gasteiger partial charge in [-0.1, -0.05) is 15.9 Å². The van der Waals surface area contributed by atoms with Crippen molar-refractivity contribution >= 4 is 27.8 Å². The molecule has 0 N–H and O–H groups in total. The Bertz CT molecular complexity index is 667. The summed E-state index contributed by atoms with van der Waals surface area (Å²) in [5.74, 6) is -1.21. The van der Waals surface area contributed by atoms with Gasteiger partial charge in [-0.05, 0) is 24.6 Å². The molecular formula is C16H17BrFNO4. The molecule has 0 bridgehead atoms. The van der Waals surface area contributed by atoms with Gasteiger partial charge < -0.3 is 4.74 Å². The lowest BCUT2D eigenvalue weighted by molar-refractivity contribution is -0.192. The van der Waals surface area contributed by atoms with Gasteiger partial charge in [0.15, 0.2) is 0 Å². The van der Waals surface area contributed by atoms with E-state index >= 15 is 0 Å². The van der Waals surface area contributed by atoms with E-state index in [4.69, 9.17) is 9.57 Å². The number of amides is 1. The smallest absolute Gasteiger partial charge is 0.302 e. The molecule has 1 aromatic rings. The zero-order valence-corrected chi connectivity index (χ0v) is 14.4. The zero-order chi connectivity index (χ0) is 16.8. The third kappa shape index (κ3) is 2.65. The highest BCUT2D eigenvalue weighted by Gasteiger charge is 2.60. The quantitative estimate of drug-likeness (QED) is 0.734. The third-order valence-corrected chi connectivity index (χ3v) is 5.04. The van der Waals surface area contributed by atoms with Gasteiger partial charge in [-0.15, -0.1) is 0 Å². The van der Waals surface area contributed by atoms with Gasteiger partial charge in [0.2, 0.25) is 5.91 Å². The number of rotatable bonds is 2. The summed E-state index contributed by atoms with van der Waals surface area (Å²) in [7, 11) is 0. The number of nitrogens with zero attached hydrogens (tertiary/aromatic N) is 1. The van der Waals surface area contributed by atoms with Crippen molar-refractivity contribution in [3.05, 3.63) is 34.1 Å². The van der Waals surface area contributed by atoms with E-state index in [-0.39, 0.29) is 23.9 Å². The Balaban J connectivity index is 2.09. The number of ether oxygens (including phenoxy) is 1. The molecule has 1 amide bonds. The van der Waals surface area contributed by atoms with Gasteiger partial charge in [-0.3, -0.25) is 14.4 Å². The second kappa shape index (κ2) is 5.87. The lowest BCUT2D eigenvalue weighted by Crippen LogP contribution is -2.45. The Morgan fingerprint density at radius 3 is 2.83 bits per heavy atom. The van der Waals surface area contributed by atoms with Crippen LogP contribution in [-0.2, 0) is 24.7 Å². The van der Waals surface area contributed by atoms with Gasteiger partial charge in [-0.25, -0.2) is 9.45 Å². The van der Waals surface area contributed by atoms with Crippen molar-refractivity contribution in [1.29, 1.82) is 0 Å². The standard InChI is InChI=1S/C16H17BrFNO4/c1-9(20)19-16(14-6-12(17)3-4-15(14)18)7-13(23-10(2)21)5-11(16)8-22-19/h3-4,6,11,13H,5,7-8H2,1-2H3. The molecule has 1 heterocycles. The predicted octanol–water partition coefficient (Wildman–Crippen LogP) is 2.92. The molecule has 1 aromatic carbocycles. The molecule has 23 heavy (non-hydrogen) atoms. The molecule has 3 rings (SSSR count). The van der Waals surface area contributed by atoms with E-state index in [0.717, 1.165) is 0 Å². The predicted molar refractivity (Wildman–Crippen MR) is 82.5 cm³/mol. The van der Waals surface area contributed by atoms with Crippen molar-refractivity contribution in [2.75, 3.05) is 6.61 Å². The summed E-state index contributed by atoms with van der Waals surface area (Å²) in [5, 5.41) is 1.26. The van der Waals surface area contributed by atoms with Crippen LogP contribution < -0.4 is 0 Å². The number of fused-ring (bicyclic) bond motifs is 1. The van der Waals surface area contributed by atoms with Crippen LogP contribution in [0.5, 0.6) is 0 Å². The van der Waals surface area contributed by atoms with Gasteiger partial charge in [0, 0.05) is 36.2 Å². The highest BCUT2D eigenvalue weighted by atomic mass is 79.9. The summed E-state index contributed by atoms with van der Waals surface area (Å²) in [6.45, 7) is 3.03. The molecule has 0 aromatic heterocycles. The largest absolute Gasteiger partial charge is 0.462 e. The number of carbonyl (C=O) groups excluding carboxylic acids is 2. The van der Waals surface area contributed by atoms with Crippen LogP contribution in [0, 0.1) is 11.7 Å². The van der Waals surface area contributed by atoms with E-state index in [1.54, 1.807) is 12.1 Å². The maximum atomic E-state index is 14.6. The summed E-state index contributed by atoms with van der Waals surface area (Å²) in [6.07, 6.45) is 0.501. The lowest BCUT2D eigenvalue weighted by atomic mass is 9.81. The number of benzene rings is 1. The number of hydrogen-bond acceptors (Lipinski definition) is 4. The first kappa shape index (κ1) is 16.4. The van der Waals surface area contributed by atoms with Crippen molar-refractivity contribution in [2.24, 2.45) is 5.92 Å². The van der Waals surface area contributed by atoms with E-state index in [2.05, 4.69) is 15.9 Å². The van der Waals surface area contributed by atoms with Crippen molar-refractivity contribution in [3.63, 3.8) is 0 Å². The average Bonchev–Trinajstić information content (AvgIpc) is 2.95. The Morgan fingerprint density at radius 1 is 1.43 bits per heavy atom. The highest BCUT2D eigenvalue weighted by Crippen LogP contribution is 2.54. The van der Waals surface area contributed by atoms with Crippen LogP contribution in [0.3, 0.4) is 0 Å². The molecule has 0 radical (unpaired) electrons. The molecular weight excluding hydrogens is 369 g/mol. The molecule has 2 fully saturated rings.